The van der Waals surface area contributed by atoms with Crippen molar-refractivity contribution in [2.45, 2.75) is 39.5 Å². The first-order valence-corrected chi connectivity index (χ1v) is 12.7. The van der Waals surface area contributed by atoms with E-state index in [0.717, 1.165) is 22.9 Å². The number of aromatic nitrogens is 3. The number of halogens is 1. The van der Waals surface area contributed by atoms with Gasteiger partial charge in [-0.3, -0.25) is 9.36 Å². The summed E-state index contributed by atoms with van der Waals surface area (Å²) in [4.78, 5) is 27.1. The highest BCUT2D eigenvalue weighted by molar-refractivity contribution is 7.13. The third kappa shape index (κ3) is 4.78. The topological polar surface area (TPSA) is 75.5 Å². The highest BCUT2D eigenvalue weighted by atomic mass is 35.5. The smallest absolute Gasteiger partial charge is 0.277 e. The lowest BCUT2D eigenvalue weighted by atomic mass is 10.1. The molecule has 1 aromatic carbocycles. The maximum absolute atomic E-state index is 13.6. The zero-order valence-electron chi connectivity index (χ0n) is 20.2. The summed E-state index contributed by atoms with van der Waals surface area (Å²) in [5, 5.41) is 6.96. The Hall–Kier alpha value is -2.62. The summed E-state index contributed by atoms with van der Waals surface area (Å²) in [7, 11) is 3.93. The van der Waals surface area contributed by atoms with Crippen LogP contribution in [-0.2, 0) is 11.3 Å². The molecule has 0 saturated carbocycles. The monoisotopic (exact) mass is 502 g/mol. The van der Waals surface area contributed by atoms with E-state index in [2.05, 4.69) is 15.2 Å². The largest absolute Gasteiger partial charge is 0.378 e. The van der Waals surface area contributed by atoms with Crippen molar-refractivity contribution in [2.75, 3.05) is 48.9 Å². The zero-order valence-corrected chi connectivity index (χ0v) is 21.8. The SMILES string of the molecule is CCO[C@H]1CN(c2nccs2)C[C@H]1Nc1c(C)nc(-c2ccc(N(C)C)cc2Cl)n(CC)c1=O. The lowest BCUT2D eigenvalue weighted by molar-refractivity contribution is 0.0720. The van der Waals surface area contributed by atoms with Crippen molar-refractivity contribution < 1.29 is 4.74 Å². The van der Waals surface area contributed by atoms with Crippen LogP contribution in [0.3, 0.4) is 0 Å². The molecule has 3 aromatic rings. The first kappa shape index (κ1) is 24.5. The van der Waals surface area contributed by atoms with Crippen LogP contribution in [0, 0.1) is 6.92 Å². The molecule has 0 radical (unpaired) electrons. The third-order valence-electron chi connectivity index (χ3n) is 6.04. The summed E-state index contributed by atoms with van der Waals surface area (Å²) < 4.78 is 7.69. The Morgan fingerprint density at radius 1 is 1.29 bits per heavy atom. The zero-order chi connectivity index (χ0) is 24.4. The van der Waals surface area contributed by atoms with Gasteiger partial charge in [-0.05, 0) is 39.0 Å². The van der Waals surface area contributed by atoms with E-state index in [0.29, 0.717) is 41.9 Å². The van der Waals surface area contributed by atoms with Crippen molar-refractivity contribution in [3.05, 3.63) is 50.8 Å². The van der Waals surface area contributed by atoms with Gasteiger partial charge in [0.15, 0.2) is 5.13 Å². The molecule has 0 unspecified atom stereocenters. The second-order valence-electron chi connectivity index (χ2n) is 8.47. The molecule has 10 heteroatoms. The standard InChI is InChI=1S/C24H31ClN6O2S/c1-6-31-22(17-9-8-16(29(4)5)12-18(17)25)27-15(3)21(23(31)32)28-19-13-30(14-20(19)33-7-2)24-26-10-11-34-24/h8-12,19-20,28H,6-7,13-14H2,1-5H3/t19-,20+/m1/s1. The molecular weight excluding hydrogens is 472 g/mol. The molecule has 34 heavy (non-hydrogen) atoms. The summed E-state index contributed by atoms with van der Waals surface area (Å²) in [6.07, 6.45) is 1.75. The van der Waals surface area contributed by atoms with Gasteiger partial charge in [0.1, 0.15) is 11.5 Å². The average Bonchev–Trinajstić information content (AvgIpc) is 3.47. The van der Waals surface area contributed by atoms with E-state index >= 15 is 0 Å². The summed E-state index contributed by atoms with van der Waals surface area (Å²) in [6, 6.07) is 5.73. The first-order valence-electron chi connectivity index (χ1n) is 11.4. The highest BCUT2D eigenvalue weighted by Gasteiger charge is 2.35. The molecule has 1 N–H and O–H groups in total. The van der Waals surface area contributed by atoms with Gasteiger partial charge in [-0.1, -0.05) is 11.6 Å². The van der Waals surface area contributed by atoms with Gasteiger partial charge in [0.05, 0.1) is 22.9 Å². The molecule has 0 bridgehead atoms. The lowest BCUT2D eigenvalue weighted by Gasteiger charge is -2.23. The van der Waals surface area contributed by atoms with Gasteiger partial charge in [-0.15, -0.1) is 11.3 Å². The van der Waals surface area contributed by atoms with Crippen LogP contribution in [0.25, 0.3) is 11.4 Å². The molecule has 1 fully saturated rings. The molecule has 0 spiro atoms. The van der Waals surface area contributed by atoms with Crippen LogP contribution in [0.5, 0.6) is 0 Å². The third-order valence-corrected chi connectivity index (χ3v) is 7.19. The Balaban J connectivity index is 1.68. The summed E-state index contributed by atoms with van der Waals surface area (Å²) >= 11 is 8.22. The van der Waals surface area contributed by atoms with Crippen molar-refractivity contribution in [3.8, 4) is 11.4 Å². The fourth-order valence-corrected chi connectivity index (χ4v) is 5.22. The Kier molecular flexibility index (Phi) is 7.45. The number of aryl methyl sites for hydroxylation is 1. The van der Waals surface area contributed by atoms with Crippen LogP contribution in [0.15, 0.2) is 34.6 Å². The van der Waals surface area contributed by atoms with Crippen LogP contribution < -0.4 is 20.7 Å². The molecule has 2 aromatic heterocycles. The molecule has 1 aliphatic heterocycles. The van der Waals surface area contributed by atoms with Crippen molar-refractivity contribution in [1.82, 2.24) is 14.5 Å². The average molecular weight is 503 g/mol. The van der Waals surface area contributed by atoms with E-state index in [1.165, 1.54) is 0 Å². The van der Waals surface area contributed by atoms with E-state index in [1.807, 2.05) is 63.3 Å². The summed E-state index contributed by atoms with van der Waals surface area (Å²) in [5.41, 5.74) is 2.76. The Labute approximate surface area is 209 Å². The molecule has 2 atom stereocenters. The molecule has 1 aliphatic rings. The van der Waals surface area contributed by atoms with Gasteiger partial charge < -0.3 is 19.9 Å². The minimum Gasteiger partial charge on any atom is -0.378 e. The van der Waals surface area contributed by atoms with Gasteiger partial charge in [0, 0.05) is 63.2 Å². The predicted octanol–water partition coefficient (Wildman–Crippen LogP) is 4.12. The van der Waals surface area contributed by atoms with Crippen molar-refractivity contribution in [1.29, 1.82) is 0 Å². The van der Waals surface area contributed by atoms with Crippen LogP contribution in [-0.4, -0.2) is 60.5 Å². The predicted molar refractivity (Wildman–Crippen MR) is 141 cm³/mol. The van der Waals surface area contributed by atoms with E-state index < -0.39 is 0 Å². The number of ether oxygens (including phenoxy) is 1. The van der Waals surface area contributed by atoms with Crippen LogP contribution in [0.2, 0.25) is 5.02 Å². The maximum atomic E-state index is 13.6. The Morgan fingerprint density at radius 2 is 2.09 bits per heavy atom. The molecule has 0 amide bonds. The van der Waals surface area contributed by atoms with Gasteiger partial charge in [-0.2, -0.15) is 0 Å². The number of thiazole rings is 1. The number of nitrogens with zero attached hydrogens (tertiary/aromatic N) is 5. The van der Waals surface area contributed by atoms with E-state index in [4.69, 9.17) is 21.3 Å². The molecule has 0 aliphatic carbocycles. The summed E-state index contributed by atoms with van der Waals surface area (Å²) in [6.45, 7) is 8.29. The summed E-state index contributed by atoms with van der Waals surface area (Å²) in [5.74, 6) is 0.572. The van der Waals surface area contributed by atoms with E-state index in [9.17, 15) is 4.79 Å². The molecule has 8 nitrogen and oxygen atoms in total. The molecule has 182 valence electrons. The highest BCUT2D eigenvalue weighted by Crippen LogP contribution is 2.31. The van der Waals surface area contributed by atoms with Crippen LogP contribution in [0.1, 0.15) is 19.5 Å². The second-order valence-corrected chi connectivity index (χ2v) is 9.75. The number of hydrogen-bond donors (Lipinski definition) is 1. The van der Waals surface area contributed by atoms with Gasteiger partial charge >= 0.3 is 0 Å². The van der Waals surface area contributed by atoms with Crippen LogP contribution >= 0.6 is 22.9 Å². The normalized spacial score (nSPS) is 17.9. The number of hydrogen-bond acceptors (Lipinski definition) is 8. The molecule has 4 rings (SSSR count). The minimum atomic E-state index is -0.110. The Morgan fingerprint density at radius 3 is 2.71 bits per heavy atom. The fourth-order valence-electron chi connectivity index (χ4n) is 4.30. The van der Waals surface area contributed by atoms with E-state index in [-0.39, 0.29) is 17.7 Å². The number of benzene rings is 1. The van der Waals surface area contributed by atoms with Crippen LogP contribution in [0.4, 0.5) is 16.5 Å². The minimum absolute atomic E-state index is 0.0591. The maximum Gasteiger partial charge on any atom is 0.277 e. The van der Waals surface area contributed by atoms with Gasteiger partial charge in [-0.25, -0.2) is 9.97 Å². The first-order chi connectivity index (χ1) is 16.3. The number of rotatable bonds is 8. The quantitative estimate of drug-likeness (QED) is 0.496. The Bertz CT molecular complexity index is 1200. The van der Waals surface area contributed by atoms with E-state index in [1.54, 1.807) is 22.1 Å². The van der Waals surface area contributed by atoms with Crippen molar-refractivity contribution in [3.63, 3.8) is 0 Å². The molecular formula is C24H31ClN6O2S. The van der Waals surface area contributed by atoms with Gasteiger partial charge in [0.2, 0.25) is 0 Å². The van der Waals surface area contributed by atoms with Crippen molar-refractivity contribution in [2.24, 2.45) is 0 Å². The molecule has 1 saturated heterocycles. The molecule has 3 heterocycles. The number of nitrogens with one attached hydrogen (secondary N) is 1. The van der Waals surface area contributed by atoms with Crippen molar-refractivity contribution >= 4 is 39.4 Å². The fraction of sp³-hybridized carbons (Fsp3) is 0.458. The second kappa shape index (κ2) is 10.3. The van der Waals surface area contributed by atoms with Gasteiger partial charge in [0.25, 0.3) is 5.56 Å². The number of anilines is 3. The lowest BCUT2D eigenvalue weighted by Crippen LogP contribution is -2.38.